The lowest BCUT2D eigenvalue weighted by molar-refractivity contribution is -0.134. The minimum atomic E-state index is -0.00138. The molecule has 0 aliphatic carbocycles. The molecule has 2 heterocycles. The van der Waals surface area contributed by atoms with Gasteiger partial charge in [0.05, 0.1) is 0 Å². The molecule has 0 radical (unpaired) electrons. The highest BCUT2D eigenvalue weighted by Gasteiger charge is 2.27. The molecule has 3 aromatic rings. The third-order valence-electron chi connectivity index (χ3n) is 5.19. The lowest BCUT2D eigenvalue weighted by Crippen LogP contribution is -2.40. The van der Waals surface area contributed by atoms with E-state index in [1.165, 1.54) is 0 Å². The summed E-state index contributed by atoms with van der Waals surface area (Å²) < 4.78 is 11.1. The van der Waals surface area contributed by atoms with Gasteiger partial charge in [0.15, 0.2) is 6.61 Å². The number of likely N-dealkylation sites (tertiary alicyclic amines) is 1. The predicted octanol–water partition coefficient (Wildman–Crippen LogP) is 3.40. The van der Waals surface area contributed by atoms with Crippen molar-refractivity contribution in [3.05, 3.63) is 66.1 Å². The molecular formula is C22H25ClN4O3. The molecular weight excluding hydrogens is 404 g/mol. The molecule has 2 N–H and O–H groups in total. The summed E-state index contributed by atoms with van der Waals surface area (Å²) in [6.07, 6.45) is 1.59. The van der Waals surface area contributed by atoms with E-state index in [2.05, 4.69) is 10.1 Å². The first-order chi connectivity index (χ1) is 14.2. The van der Waals surface area contributed by atoms with Crippen molar-refractivity contribution >= 4 is 18.3 Å². The van der Waals surface area contributed by atoms with E-state index in [0.717, 1.165) is 24.0 Å². The van der Waals surface area contributed by atoms with Gasteiger partial charge in [0.25, 0.3) is 5.91 Å². The number of carbonyl (C=O) groups is 1. The van der Waals surface area contributed by atoms with Crippen LogP contribution in [0.3, 0.4) is 0 Å². The van der Waals surface area contributed by atoms with Crippen LogP contribution in [0.25, 0.3) is 11.4 Å². The van der Waals surface area contributed by atoms with Gasteiger partial charge in [-0.25, -0.2) is 0 Å². The van der Waals surface area contributed by atoms with E-state index in [0.29, 0.717) is 37.1 Å². The fourth-order valence-corrected chi connectivity index (χ4v) is 3.44. The minimum Gasteiger partial charge on any atom is -0.484 e. The van der Waals surface area contributed by atoms with Crippen molar-refractivity contribution in [1.82, 2.24) is 15.0 Å². The first-order valence-electron chi connectivity index (χ1n) is 9.81. The highest BCUT2D eigenvalue weighted by molar-refractivity contribution is 5.85. The second kappa shape index (κ2) is 10.2. The molecule has 1 fully saturated rings. The number of aromatic nitrogens is 2. The number of ether oxygens (including phenoxy) is 1. The Kier molecular flexibility index (Phi) is 7.43. The van der Waals surface area contributed by atoms with Crippen LogP contribution in [0.5, 0.6) is 5.75 Å². The molecule has 0 atom stereocenters. The van der Waals surface area contributed by atoms with E-state index in [1.54, 1.807) is 0 Å². The van der Waals surface area contributed by atoms with Crippen molar-refractivity contribution in [2.45, 2.75) is 25.3 Å². The zero-order valence-electron chi connectivity index (χ0n) is 16.6. The van der Waals surface area contributed by atoms with Crippen LogP contribution < -0.4 is 10.5 Å². The quantitative estimate of drug-likeness (QED) is 0.646. The van der Waals surface area contributed by atoms with Crippen molar-refractivity contribution in [2.75, 3.05) is 19.7 Å². The van der Waals surface area contributed by atoms with E-state index in [4.69, 9.17) is 15.0 Å². The van der Waals surface area contributed by atoms with Gasteiger partial charge in [-0.2, -0.15) is 4.98 Å². The lowest BCUT2D eigenvalue weighted by atomic mass is 9.96. The van der Waals surface area contributed by atoms with Gasteiger partial charge in [-0.3, -0.25) is 4.79 Å². The largest absolute Gasteiger partial charge is 0.484 e. The second-order valence-electron chi connectivity index (χ2n) is 7.11. The highest BCUT2D eigenvalue weighted by atomic mass is 35.5. The normalized spacial score (nSPS) is 14.2. The van der Waals surface area contributed by atoms with Crippen molar-refractivity contribution in [1.29, 1.82) is 0 Å². The molecule has 1 amide bonds. The third kappa shape index (κ3) is 5.17. The number of benzene rings is 2. The van der Waals surface area contributed by atoms with Crippen LogP contribution in [0.2, 0.25) is 0 Å². The molecule has 1 aliphatic rings. The number of hydrogen-bond acceptors (Lipinski definition) is 6. The number of hydrogen-bond donors (Lipinski definition) is 1. The standard InChI is InChI=1S/C22H24N4O3.ClH/c23-14-16-6-8-17(9-7-16)21-24-22(29-25-21)18-10-12-26(13-11-18)20(27)15-28-19-4-2-1-3-5-19;/h1-9,18H,10-15,23H2;1H. The molecule has 0 saturated carbocycles. The van der Waals surface area contributed by atoms with Crippen molar-refractivity contribution in [2.24, 2.45) is 5.73 Å². The van der Waals surface area contributed by atoms with Crippen molar-refractivity contribution < 1.29 is 14.1 Å². The molecule has 7 nitrogen and oxygen atoms in total. The molecule has 2 aromatic carbocycles. The van der Waals surface area contributed by atoms with Crippen LogP contribution in [0.4, 0.5) is 0 Å². The SMILES string of the molecule is Cl.NCc1ccc(-c2noc(C3CCN(C(=O)COc4ccccc4)CC3)n2)cc1. The lowest BCUT2D eigenvalue weighted by Gasteiger charge is -2.30. The number of amides is 1. The number of para-hydroxylation sites is 1. The summed E-state index contributed by atoms with van der Waals surface area (Å²) >= 11 is 0. The number of halogens is 1. The van der Waals surface area contributed by atoms with E-state index in [1.807, 2.05) is 59.5 Å². The molecule has 8 heteroatoms. The van der Waals surface area contributed by atoms with Crippen LogP contribution in [0, 0.1) is 0 Å². The van der Waals surface area contributed by atoms with Crippen LogP contribution in [-0.2, 0) is 11.3 Å². The first-order valence-corrected chi connectivity index (χ1v) is 9.81. The molecule has 1 saturated heterocycles. The van der Waals surface area contributed by atoms with Crippen molar-refractivity contribution in [3.8, 4) is 17.1 Å². The summed E-state index contributed by atoms with van der Waals surface area (Å²) in [7, 11) is 0. The van der Waals surface area contributed by atoms with E-state index < -0.39 is 0 Å². The predicted molar refractivity (Wildman–Crippen MR) is 115 cm³/mol. The summed E-state index contributed by atoms with van der Waals surface area (Å²) in [4.78, 5) is 18.8. The summed E-state index contributed by atoms with van der Waals surface area (Å²) in [5.41, 5.74) is 7.60. The molecule has 0 spiro atoms. The third-order valence-corrected chi connectivity index (χ3v) is 5.19. The molecule has 1 aromatic heterocycles. The van der Waals surface area contributed by atoms with Gasteiger partial charge in [-0.05, 0) is 30.5 Å². The van der Waals surface area contributed by atoms with E-state index >= 15 is 0 Å². The molecule has 0 bridgehead atoms. The molecule has 0 unspecified atom stereocenters. The smallest absolute Gasteiger partial charge is 0.260 e. The zero-order chi connectivity index (χ0) is 20.1. The van der Waals surface area contributed by atoms with Gasteiger partial charge < -0.3 is 19.9 Å². The summed E-state index contributed by atoms with van der Waals surface area (Å²) in [5.74, 6) is 2.08. The van der Waals surface area contributed by atoms with Gasteiger partial charge in [0.2, 0.25) is 11.7 Å². The monoisotopic (exact) mass is 428 g/mol. The average molecular weight is 429 g/mol. The number of piperidine rings is 1. The molecule has 30 heavy (non-hydrogen) atoms. The van der Waals surface area contributed by atoms with Crippen LogP contribution >= 0.6 is 12.4 Å². The summed E-state index contributed by atoms with van der Waals surface area (Å²) in [6, 6.07) is 17.2. The first kappa shape index (κ1) is 21.8. The second-order valence-corrected chi connectivity index (χ2v) is 7.11. The maximum Gasteiger partial charge on any atom is 0.260 e. The Hall–Kier alpha value is -2.90. The molecule has 1 aliphatic heterocycles. The molecule has 158 valence electrons. The van der Waals surface area contributed by atoms with Gasteiger partial charge in [0.1, 0.15) is 5.75 Å². The van der Waals surface area contributed by atoms with Gasteiger partial charge in [0, 0.05) is 31.1 Å². The molecule has 4 rings (SSSR count). The summed E-state index contributed by atoms with van der Waals surface area (Å²) in [6.45, 7) is 1.87. The van der Waals surface area contributed by atoms with Gasteiger partial charge in [-0.1, -0.05) is 47.6 Å². The maximum atomic E-state index is 12.4. The Morgan fingerprint density at radius 2 is 1.80 bits per heavy atom. The minimum absolute atomic E-state index is 0. The fourth-order valence-electron chi connectivity index (χ4n) is 3.44. The van der Waals surface area contributed by atoms with E-state index in [9.17, 15) is 4.79 Å². The summed E-state index contributed by atoms with van der Waals surface area (Å²) in [5, 5.41) is 4.12. The van der Waals surface area contributed by atoms with Crippen molar-refractivity contribution in [3.63, 3.8) is 0 Å². The van der Waals surface area contributed by atoms with Gasteiger partial charge >= 0.3 is 0 Å². The number of nitrogens with zero attached hydrogens (tertiary/aromatic N) is 3. The van der Waals surface area contributed by atoms with Crippen LogP contribution in [0.15, 0.2) is 59.1 Å². The Morgan fingerprint density at radius 1 is 1.10 bits per heavy atom. The Morgan fingerprint density at radius 3 is 2.47 bits per heavy atom. The van der Waals surface area contributed by atoms with Crippen LogP contribution in [-0.4, -0.2) is 40.6 Å². The zero-order valence-corrected chi connectivity index (χ0v) is 17.4. The Bertz CT molecular complexity index is 939. The number of rotatable bonds is 6. The fraction of sp³-hybridized carbons (Fsp3) is 0.318. The van der Waals surface area contributed by atoms with Gasteiger partial charge in [-0.15, -0.1) is 12.4 Å². The maximum absolute atomic E-state index is 12.4. The average Bonchev–Trinajstić information content (AvgIpc) is 3.29. The van der Waals surface area contributed by atoms with E-state index in [-0.39, 0.29) is 30.8 Å². The highest BCUT2D eigenvalue weighted by Crippen LogP contribution is 2.28. The Labute approximate surface area is 181 Å². The topological polar surface area (TPSA) is 94.5 Å². The Balaban J connectivity index is 0.00000256. The number of nitrogens with two attached hydrogens (primary N) is 1. The number of carbonyl (C=O) groups excluding carboxylic acids is 1. The van der Waals surface area contributed by atoms with Crippen LogP contribution in [0.1, 0.15) is 30.2 Å².